The summed E-state index contributed by atoms with van der Waals surface area (Å²) in [5.41, 5.74) is 1.36. The van der Waals surface area contributed by atoms with Gasteiger partial charge in [0.25, 0.3) is 5.91 Å². The van der Waals surface area contributed by atoms with E-state index in [1.807, 2.05) is 13.0 Å². The number of furan rings is 1. The van der Waals surface area contributed by atoms with Crippen molar-refractivity contribution in [2.75, 3.05) is 11.5 Å². The molecule has 0 saturated heterocycles. The number of Topliss-reactive ketones (excluding diaryl/α,β-unsaturated/α-hetero) is 1. The van der Waals surface area contributed by atoms with Crippen LogP contribution in [0, 0.1) is 6.92 Å². The summed E-state index contributed by atoms with van der Waals surface area (Å²) in [5.74, 6) is -0.287. The summed E-state index contributed by atoms with van der Waals surface area (Å²) in [5, 5.41) is 20.8. The Balaban J connectivity index is 1.47. The third kappa shape index (κ3) is 5.76. The first kappa shape index (κ1) is 28.2. The van der Waals surface area contributed by atoms with E-state index in [-0.39, 0.29) is 16.5 Å². The smallest absolute Gasteiger partial charge is 0.296 e. The van der Waals surface area contributed by atoms with Crippen molar-refractivity contribution in [1.29, 1.82) is 0 Å². The molecule has 0 fully saturated rings. The minimum atomic E-state index is -0.956. The molecule has 1 amide bonds. The van der Waals surface area contributed by atoms with Gasteiger partial charge in [-0.05, 0) is 60.9 Å². The van der Waals surface area contributed by atoms with Crippen LogP contribution >= 0.6 is 46.3 Å². The van der Waals surface area contributed by atoms with E-state index in [0.717, 1.165) is 12.0 Å². The van der Waals surface area contributed by atoms with Crippen molar-refractivity contribution in [2.24, 2.45) is 0 Å². The third-order valence-electron chi connectivity index (χ3n) is 6.05. The molecule has 12 heteroatoms. The number of aliphatic hydroxyl groups is 1. The highest BCUT2D eigenvalue weighted by Crippen LogP contribution is 2.44. The zero-order chi connectivity index (χ0) is 28.4. The molecule has 1 aliphatic rings. The first-order valence-electron chi connectivity index (χ1n) is 12.3. The zero-order valence-electron chi connectivity index (χ0n) is 21.4. The monoisotopic (exact) mass is 615 g/mol. The van der Waals surface area contributed by atoms with Crippen LogP contribution < -0.4 is 9.64 Å². The molecule has 0 radical (unpaired) electrons. The van der Waals surface area contributed by atoms with Gasteiger partial charge in [-0.25, -0.2) is 0 Å². The Labute approximate surface area is 248 Å². The van der Waals surface area contributed by atoms with Crippen LogP contribution in [0.5, 0.6) is 5.75 Å². The van der Waals surface area contributed by atoms with Crippen molar-refractivity contribution < 1.29 is 23.8 Å². The fourth-order valence-electron chi connectivity index (χ4n) is 4.14. The Morgan fingerprint density at radius 2 is 1.93 bits per heavy atom. The maximum Gasteiger partial charge on any atom is 0.296 e. The Bertz CT molecular complexity index is 1600. The number of thioether (sulfide) groups is 1. The highest BCUT2D eigenvalue weighted by atomic mass is 35.5. The maximum atomic E-state index is 13.5. The van der Waals surface area contributed by atoms with E-state index in [1.165, 1.54) is 34.1 Å². The van der Waals surface area contributed by atoms with Crippen LogP contribution in [0.2, 0.25) is 10.0 Å². The molecule has 2 aromatic carbocycles. The van der Waals surface area contributed by atoms with Crippen molar-refractivity contribution in [3.63, 3.8) is 0 Å². The number of amides is 1. The molecule has 3 heterocycles. The number of ketones is 1. The van der Waals surface area contributed by atoms with Crippen LogP contribution in [0.15, 0.2) is 74.7 Å². The lowest BCUT2D eigenvalue weighted by Gasteiger charge is -2.24. The first-order chi connectivity index (χ1) is 19.3. The lowest BCUT2D eigenvalue weighted by molar-refractivity contribution is -0.117. The summed E-state index contributed by atoms with van der Waals surface area (Å²) < 4.78 is 11.8. The van der Waals surface area contributed by atoms with E-state index in [9.17, 15) is 14.7 Å². The molecule has 40 heavy (non-hydrogen) atoms. The van der Waals surface area contributed by atoms with Crippen LogP contribution in [-0.4, -0.2) is 33.6 Å². The number of carbonyl (C=O) groups is 2. The number of hydrogen-bond acceptors (Lipinski definition) is 9. The van der Waals surface area contributed by atoms with Crippen LogP contribution in [0.3, 0.4) is 0 Å². The second-order valence-electron chi connectivity index (χ2n) is 8.87. The Hall–Kier alpha value is -3.31. The number of aliphatic hydroxyl groups excluding tert-OH is 1. The third-order valence-corrected chi connectivity index (χ3v) is 8.75. The number of ether oxygens (including phenoxy) is 1. The van der Waals surface area contributed by atoms with Gasteiger partial charge in [-0.3, -0.25) is 14.5 Å². The van der Waals surface area contributed by atoms with Crippen LogP contribution in [0.4, 0.5) is 5.13 Å². The average Bonchev–Trinajstić information content (AvgIpc) is 3.65. The molecular weight excluding hydrogens is 593 g/mol. The van der Waals surface area contributed by atoms with E-state index in [0.29, 0.717) is 43.8 Å². The maximum absolute atomic E-state index is 13.5. The number of nitrogens with zero attached hydrogens (tertiary/aromatic N) is 3. The summed E-state index contributed by atoms with van der Waals surface area (Å²) in [4.78, 5) is 28.2. The predicted octanol–water partition coefficient (Wildman–Crippen LogP) is 7.61. The minimum absolute atomic E-state index is 0.0231. The molecule has 0 aliphatic carbocycles. The highest BCUT2D eigenvalue weighted by molar-refractivity contribution is 8.00. The molecule has 0 bridgehead atoms. The number of anilines is 1. The summed E-state index contributed by atoms with van der Waals surface area (Å²) in [6, 6.07) is 14.5. The van der Waals surface area contributed by atoms with Crippen molar-refractivity contribution in [3.8, 4) is 5.75 Å². The topological polar surface area (TPSA) is 106 Å². The molecule has 1 atom stereocenters. The van der Waals surface area contributed by atoms with Crippen molar-refractivity contribution in [2.45, 2.75) is 36.4 Å². The summed E-state index contributed by atoms with van der Waals surface area (Å²) in [6.07, 6.45) is 0.853. The van der Waals surface area contributed by atoms with Gasteiger partial charge < -0.3 is 14.3 Å². The number of carbonyl (C=O) groups excluding carboxylic acids is 2. The van der Waals surface area contributed by atoms with Gasteiger partial charge in [0.15, 0.2) is 15.9 Å². The van der Waals surface area contributed by atoms with E-state index < -0.39 is 23.5 Å². The average molecular weight is 617 g/mol. The summed E-state index contributed by atoms with van der Waals surface area (Å²) in [7, 11) is 0. The van der Waals surface area contributed by atoms with E-state index in [2.05, 4.69) is 10.2 Å². The normalized spacial score (nSPS) is 15.2. The van der Waals surface area contributed by atoms with Gasteiger partial charge in [0, 0.05) is 15.8 Å². The Morgan fingerprint density at radius 3 is 2.60 bits per heavy atom. The molecule has 206 valence electrons. The zero-order valence-corrected chi connectivity index (χ0v) is 24.5. The fourth-order valence-corrected chi connectivity index (χ4v) is 6.57. The molecule has 4 aromatic rings. The van der Waals surface area contributed by atoms with Gasteiger partial charge in [0.05, 0.1) is 18.2 Å². The summed E-state index contributed by atoms with van der Waals surface area (Å²) in [6.45, 7) is 4.28. The fraction of sp³-hybridized carbons (Fsp3) is 0.214. The number of rotatable bonds is 10. The van der Waals surface area contributed by atoms with Gasteiger partial charge >= 0.3 is 0 Å². The number of aromatic nitrogens is 2. The number of hydrogen-bond donors (Lipinski definition) is 1. The second kappa shape index (κ2) is 12.1. The van der Waals surface area contributed by atoms with Crippen molar-refractivity contribution in [3.05, 3.63) is 98.6 Å². The second-order valence-corrected chi connectivity index (χ2v) is 11.9. The Morgan fingerprint density at radius 1 is 1.15 bits per heavy atom. The number of halogens is 2. The molecule has 1 unspecified atom stereocenters. The van der Waals surface area contributed by atoms with Crippen LogP contribution in [0.25, 0.3) is 0 Å². The Kier molecular flexibility index (Phi) is 8.51. The predicted molar refractivity (Wildman–Crippen MR) is 156 cm³/mol. The van der Waals surface area contributed by atoms with Gasteiger partial charge in [-0.1, -0.05) is 71.4 Å². The minimum Gasteiger partial charge on any atom is -0.503 e. The number of benzene rings is 2. The van der Waals surface area contributed by atoms with Crippen molar-refractivity contribution >= 4 is 63.1 Å². The van der Waals surface area contributed by atoms with Gasteiger partial charge in [-0.2, -0.15) is 0 Å². The van der Waals surface area contributed by atoms with E-state index >= 15 is 0 Å². The molecule has 0 saturated carbocycles. The molecule has 5 rings (SSSR count). The standard InChI is InChI=1S/C28H23Cl2N3O5S2/c1-3-12-37-19-9-6-16(7-10-19)23-22(24(34)21-11-4-15(2)38-21)25(35)26(36)33(23)27-31-32-28(40-27)39-14-17-5-8-18(29)13-20(17)30/h4-11,13,23,35H,3,12,14H2,1-2H3. The SMILES string of the molecule is CCCOc1ccc(C2C(C(=O)c3ccc(C)o3)=C(O)C(=O)N2c2nnc(SCc3ccc(Cl)cc3Cl)s2)cc1. The molecule has 0 spiro atoms. The van der Waals surface area contributed by atoms with E-state index in [1.54, 1.807) is 49.4 Å². The van der Waals surface area contributed by atoms with Crippen LogP contribution in [0.1, 0.15) is 46.8 Å². The molecule has 8 nitrogen and oxygen atoms in total. The molecule has 1 N–H and O–H groups in total. The van der Waals surface area contributed by atoms with Gasteiger partial charge in [-0.15, -0.1) is 10.2 Å². The van der Waals surface area contributed by atoms with Gasteiger partial charge in [0.2, 0.25) is 10.9 Å². The van der Waals surface area contributed by atoms with E-state index in [4.69, 9.17) is 32.4 Å². The molecule has 2 aromatic heterocycles. The van der Waals surface area contributed by atoms with Crippen LogP contribution in [-0.2, 0) is 10.5 Å². The lowest BCUT2D eigenvalue weighted by Crippen LogP contribution is -2.31. The highest BCUT2D eigenvalue weighted by Gasteiger charge is 2.46. The lowest BCUT2D eigenvalue weighted by atomic mass is 9.95. The largest absolute Gasteiger partial charge is 0.503 e. The quantitative estimate of drug-likeness (QED) is 0.110. The molecular formula is C28H23Cl2N3O5S2. The first-order valence-corrected chi connectivity index (χ1v) is 14.8. The molecule has 1 aliphatic heterocycles. The summed E-state index contributed by atoms with van der Waals surface area (Å²) >= 11 is 14.9. The van der Waals surface area contributed by atoms with Crippen molar-refractivity contribution in [1.82, 2.24) is 10.2 Å². The number of aryl methyl sites for hydroxylation is 1. The van der Waals surface area contributed by atoms with Gasteiger partial charge in [0.1, 0.15) is 11.5 Å².